The smallest absolute Gasteiger partial charge is 0.194 e. The molecule has 0 saturated heterocycles. The summed E-state index contributed by atoms with van der Waals surface area (Å²) < 4.78 is 58.7. The van der Waals surface area contributed by atoms with Gasteiger partial charge in [0.25, 0.3) is 0 Å². The van der Waals surface area contributed by atoms with Crippen molar-refractivity contribution in [2.75, 3.05) is 0 Å². The van der Waals surface area contributed by atoms with Gasteiger partial charge in [0.1, 0.15) is 0 Å². The third-order valence-corrected chi connectivity index (χ3v) is 6.93. The largest absolute Gasteiger partial charge is 0.339 e. The summed E-state index contributed by atoms with van der Waals surface area (Å²) in [6.45, 7) is 7.76. The van der Waals surface area contributed by atoms with E-state index in [1.165, 1.54) is 24.3 Å². The van der Waals surface area contributed by atoms with E-state index in [1.54, 1.807) is 12.1 Å². The Kier molecular flexibility index (Phi) is 5.39. The zero-order valence-electron chi connectivity index (χ0n) is 14.1. The summed E-state index contributed by atoms with van der Waals surface area (Å²) in [4.78, 5) is 0. The highest BCUT2D eigenvalue weighted by Crippen LogP contribution is 2.49. The Labute approximate surface area is 143 Å². The number of alkyl halides is 4. The van der Waals surface area contributed by atoms with E-state index in [0.717, 1.165) is 12.1 Å². The van der Waals surface area contributed by atoms with Crippen molar-refractivity contribution < 1.29 is 17.6 Å². The van der Waals surface area contributed by atoms with Crippen LogP contribution in [-0.4, -0.2) is 17.6 Å². The van der Waals surface area contributed by atoms with Crippen molar-refractivity contribution in [2.45, 2.75) is 38.0 Å². The lowest BCUT2D eigenvalue weighted by Crippen LogP contribution is -2.38. The third kappa shape index (κ3) is 3.49. The second-order valence-corrected chi connectivity index (χ2v) is 11.5. The highest BCUT2D eigenvalue weighted by molar-refractivity contribution is 6.71. The standard InChI is InChI=1S/C18H20F4Si2/c1-23(2)15-9-5-7-13(11-15)17(19,20)18(21,22)14-8-6-10-16(12-14)24(3)4/h5-12H,1-4H3. The maximum absolute atomic E-state index is 14.7. The average molecular weight is 369 g/mol. The van der Waals surface area contributed by atoms with E-state index in [9.17, 15) is 17.6 Å². The second-order valence-electron chi connectivity index (χ2n) is 6.31. The van der Waals surface area contributed by atoms with E-state index in [1.807, 2.05) is 26.2 Å². The monoisotopic (exact) mass is 368 g/mol. The maximum atomic E-state index is 14.7. The van der Waals surface area contributed by atoms with Gasteiger partial charge in [0, 0.05) is 11.1 Å². The van der Waals surface area contributed by atoms with Crippen LogP contribution in [0.1, 0.15) is 11.1 Å². The maximum Gasteiger partial charge on any atom is 0.339 e. The van der Waals surface area contributed by atoms with Crippen molar-refractivity contribution in [2.24, 2.45) is 0 Å². The number of benzene rings is 2. The normalized spacial score (nSPS) is 12.9. The quantitative estimate of drug-likeness (QED) is 0.539. The van der Waals surface area contributed by atoms with Crippen LogP contribution in [0.2, 0.25) is 26.2 Å². The lowest BCUT2D eigenvalue weighted by molar-refractivity contribution is -0.223. The molecule has 2 radical (unpaired) electrons. The van der Waals surface area contributed by atoms with E-state index >= 15 is 0 Å². The first kappa shape index (κ1) is 18.9. The van der Waals surface area contributed by atoms with Crippen molar-refractivity contribution in [3.05, 3.63) is 59.7 Å². The highest BCUT2D eigenvalue weighted by Gasteiger charge is 2.58. The molecule has 2 aromatic carbocycles. The van der Waals surface area contributed by atoms with Crippen LogP contribution in [0.3, 0.4) is 0 Å². The topological polar surface area (TPSA) is 0 Å². The van der Waals surface area contributed by atoms with Gasteiger partial charge in [0.15, 0.2) is 0 Å². The van der Waals surface area contributed by atoms with Gasteiger partial charge in [-0.2, -0.15) is 17.6 Å². The Balaban J connectivity index is 2.50. The number of rotatable bonds is 5. The molecule has 0 heterocycles. The second kappa shape index (κ2) is 6.84. The molecule has 6 heteroatoms. The molecule has 2 aromatic rings. The highest BCUT2D eigenvalue weighted by atomic mass is 28.3. The fourth-order valence-corrected chi connectivity index (χ4v) is 4.16. The molecule has 2 rings (SSSR count). The predicted molar refractivity (Wildman–Crippen MR) is 94.9 cm³/mol. The van der Waals surface area contributed by atoms with E-state index < -0.39 is 40.6 Å². The first-order valence-corrected chi connectivity index (χ1v) is 12.6. The lowest BCUT2D eigenvalue weighted by Gasteiger charge is -2.28. The van der Waals surface area contributed by atoms with Gasteiger partial charge in [0.2, 0.25) is 0 Å². The fraction of sp³-hybridized carbons (Fsp3) is 0.333. The van der Waals surface area contributed by atoms with E-state index in [4.69, 9.17) is 0 Å². The van der Waals surface area contributed by atoms with E-state index in [0.29, 0.717) is 10.4 Å². The molecule has 24 heavy (non-hydrogen) atoms. The van der Waals surface area contributed by atoms with Gasteiger partial charge in [-0.25, -0.2) is 0 Å². The minimum atomic E-state index is -4.26. The van der Waals surface area contributed by atoms with Gasteiger partial charge in [-0.05, 0) is 0 Å². The van der Waals surface area contributed by atoms with Crippen molar-refractivity contribution in [3.63, 3.8) is 0 Å². The average Bonchev–Trinajstić information content (AvgIpc) is 2.54. The SMILES string of the molecule is C[Si](C)c1cccc(C(F)(F)C(F)(F)c2cccc([Si](C)C)c2)c1. The van der Waals surface area contributed by atoms with E-state index in [2.05, 4.69) is 0 Å². The first-order chi connectivity index (χ1) is 11.1. The van der Waals surface area contributed by atoms with Crippen LogP contribution in [0.15, 0.2) is 48.5 Å². The summed E-state index contributed by atoms with van der Waals surface area (Å²) in [5.41, 5.74) is -1.25. The molecule has 0 unspecified atom stereocenters. The molecule has 0 aliphatic carbocycles. The van der Waals surface area contributed by atoms with E-state index in [-0.39, 0.29) is 0 Å². The molecule has 0 aliphatic rings. The zero-order valence-corrected chi connectivity index (χ0v) is 16.1. The van der Waals surface area contributed by atoms with Gasteiger partial charge in [-0.1, -0.05) is 85.1 Å². The molecule has 0 amide bonds. The van der Waals surface area contributed by atoms with Crippen molar-refractivity contribution in [1.82, 2.24) is 0 Å². The van der Waals surface area contributed by atoms with Crippen LogP contribution in [0.4, 0.5) is 17.6 Å². The van der Waals surface area contributed by atoms with Gasteiger partial charge < -0.3 is 0 Å². The summed E-state index contributed by atoms with van der Waals surface area (Å²) in [7, 11) is -1.99. The zero-order chi connectivity index (χ0) is 18.1. The number of halogens is 4. The van der Waals surface area contributed by atoms with Crippen molar-refractivity contribution >= 4 is 28.0 Å². The summed E-state index contributed by atoms with van der Waals surface area (Å²) >= 11 is 0. The Morgan fingerprint density at radius 1 is 0.625 bits per heavy atom. The van der Waals surface area contributed by atoms with Crippen LogP contribution in [-0.2, 0) is 11.8 Å². The van der Waals surface area contributed by atoms with Gasteiger partial charge >= 0.3 is 11.8 Å². The summed E-state index contributed by atoms with van der Waals surface area (Å²) in [5, 5.41) is 1.43. The fourth-order valence-electron chi connectivity index (χ4n) is 2.41. The van der Waals surface area contributed by atoms with Gasteiger partial charge in [0.05, 0.1) is 17.6 Å². The molecule has 0 nitrogen and oxygen atoms in total. The Hall–Kier alpha value is -1.41. The molecule has 0 atom stereocenters. The molecule has 0 N–H and O–H groups in total. The molecule has 0 aliphatic heterocycles. The molecule has 128 valence electrons. The van der Waals surface area contributed by atoms with Crippen molar-refractivity contribution in [1.29, 1.82) is 0 Å². The minimum absolute atomic E-state index is 0.625. The molecule has 0 bridgehead atoms. The molecular formula is C18H20F4Si2. The molecule has 0 saturated carbocycles. The molecule has 0 fully saturated rings. The van der Waals surface area contributed by atoms with Crippen LogP contribution in [0.25, 0.3) is 0 Å². The first-order valence-electron chi connectivity index (χ1n) is 7.65. The summed E-state index contributed by atoms with van der Waals surface area (Å²) in [6, 6.07) is 10.9. The van der Waals surface area contributed by atoms with Crippen LogP contribution < -0.4 is 10.4 Å². The summed E-state index contributed by atoms with van der Waals surface area (Å²) in [5.74, 6) is -8.51. The van der Waals surface area contributed by atoms with Gasteiger partial charge in [-0.3, -0.25) is 0 Å². The number of hydrogen-bond donors (Lipinski definition) is 0. The molecule has 0 aromatic heterocycles. The van der Waals surface area contributed by atoms with Crippen molar-refractivity contribution in [3.8, 4) is 0 Å². The number of hydrogen-bond acceptors (Lipinski definition) is 0. The third-order valence-electron chi connectivity index (χ3n) is 4.00. The predicted octanol–water partition coefficient (Wildman–Crippen LogP) is 4.49. The molecular weight excluding hydrogens is 348 g/mol. The van der Waals surface area contributed by atoms with Crippen LogP contribution >= 0.6 is 0 Å². The van der Waals surface area contributed by atoms with Crippen LogP contribution in [0.5, 0.6) is 0 Å². The Morgan fingerprint density at radius 2 is 0.958 bits per heavy atom. The lowest BCUT2D eigenvalue weighted by atomic mass is 9.96. The minimum Gasteiger partial charge on any atom is -0.194 e. The van der Waals surface area contributed by atoms with Crippen LogP contribution in [0, 0.1) is 0 Å². The Bertz CT molecular complexity index is 650. The van der Waals surface area contributed by atoms with Gasteiger partial charge in [-0.15, -0.1) is 0 Å². The Morgan fingerprint density at radius 3 is 1.25 bits per heavy atom. The summed E-state index contributed by atoms with van der Waals surface area (Å²) in [6.07, 6.45) is 0. The molecule has 0 spiro atoms.